The minimum absolute atomic E-state index is 0.100. The molecule has 2 aromatic rings. The van der Waals surface area contributed by atoms with Crippen molar-refractivity contribution in [1.82, 2.24) is 14.1 Å². The van der Waals surface area contributed by atoms with Gasteiger partial charge in [0.15, 0.2) is 5.72 Å². The Morgan fingerprint density at radius 2 is 1.96 bits per heavy atom. The summed E-state index contributed by atoms with van der Waals surface area (Å²) in [6.07, 6.45) is -1.34. The second-order valence-corrected chi connectivity index (χ2v) is 6.97. The van der Waals surface area contributed by atoms with Crippen LogP contribution in [0.1, 0.15) is 30.4 Å². The van der Waals surface area contributed by atoms with Gasteiger partial charge in [-0.3, -0.25) is 5.32 Å². The molecule has 0 spiro atoms. The Morgan fingerprint density at radius 1 is 1.20 bits per heavy atom. The largest absolute Gasteiger partial charge is 0.468 e. The SMILES string of the molecule is FC(F)(F)c1ccc(COc2nsnc2OC23CCC(CN2)C3)cc1. The van der Waals surface area contributed by atoms with Crippen molar-refractivity contribution in [1.29, 1.82) is 0 Å². The number of alkyl halides is 3. The number of nitrogens with zero attached hydrogens (tertiary/aromatic N) is 2. The van der Waals surface area contributed by atoms with Crippen LogP contribution >= 0.6 is 11.7 Å². The first-order valence-corrected chi connectivity index (χ1v) is 8.72. The number of nitrogens with one attached hydrogen (secondary N) is 1. The predicted molar refractivity (Wildman–Crippen MR) is 84.4 cm³/mol. The number of piperidine rings is 1. The zero-order chi connectivity index (χ0) is 17.5. The van der Waals surface area contributed by atoms with E-state index in [1.807, 2.05) is 0 Å². The van der Waals surface area contributed by atoms with Gasteiger partial charge in [0, 0.05) is 19.4 Å². The van der Waals surface area contributed by atoms with Crippen LogP contribution in [0.3, 0.4) is 0 Å². The van der Waals surface area contributed by atoms with E-state index in [1.165, 1.54) is 12.1 Å². The van der Waals surface area contributed by atoms with Crippen LogP contribution in [0.4, 0.5) is 13.2 Å². The monoisotopic (exact) mass is 371 g/mol. The molecule has 1 aliphatic carbocycles. The molecule has 25 heavy (non-hydrogen) atoms. The Bertz CT molecular complexity index is 740. The van der Waals surface area contributed by atoms with Gasteiger partial charge in [0.2, 0.25) is 0 Å². The first-order chi connectivity index (χ1) is 11.9. The van der Waals surface area contributed by atoms with E-state index < -0.39 is 11.7 Å². The van der Waals surface area contributed by atoms with E-state index in [4.69, 9.17) is 9.47 Å². The third-order valence-electron chi connectivity index (χ3n) is 4.67. The fraction of sp³-hybridized carbons (Fsp3) is 0.500. The minimum Gasteiger partial charge on any atom is -0.468 e. The Kier molecular flexibility index (Phi) is 4.07. The van der Waals surface area contributed by atoms with Crippen molar-refractivity contribution in [2.45, 2.75) is 37.8 Å². The van der Waals surface area contributed by atoms with Crippen molar-refractivity contribution < 1.29 is 22.6 Å². The number of rotatable bonds is 5. The topological polar surface area (TPSA) is 56.3 Å². The molecule has 1 aromatic heterocycles. The summed E-state index contributed by atoms with van der Waals surface area (Å²) in [4.78, 5) is 0. The summed E-state index contributed by atoms with van der Waals surface area (Å²) in [5.41, 5.74) is -0.449. The summed E-state index contributed by atoms with van der Waals surface area (Å²) in [5.74, 6) is 1.26. The average molecular weight is 371 g/mol. The highest BCUT2D eigenvalue weighted by Gasteiger charge is 2.47. The maximum absolute atomic E-state index is 12.6. The number of benzene rings is 1. The van der Waals surface area contributed by atoms with Crippen molar-refractivity contribution in [3.8, 4) is 11.8 Å². The van der Waals surface area contributed by atoms with E-state index in [9.17, 15) is 13.2 Å². The molecule has 134 valence electrons. The van der Waals surface area contributed by atoms with Crippen LogP contribution in [0, 0.1) is 5.92 Å². The summed E-state index contributed by atoms with van der Waals surface area (Å²) in [7, 11) is 0. The molecule has 2 heterocycles. The molecule has 0 amide bonds. The van der Waals surface area contributed by atoms with Crippen LogP contribution in [0.25, 0.3) is 0 Å². The molecule has 1 saturated heterocycles. The smallest absolute Gasteiger partial charge is 0.416 e. The Morgan fingerprint density at radius 3 is 2.56 bits per heavy atom. The van der Waals surface area contributed by atoms with Gasteiger partial charge in [-0.1, -0.05) is 12.1 Å². The lowest BCUT2D eigenvalue weighted by Gasteiger charge is -2.27. The number of hydrogen-bond acceptors (Lipinski definition) is 6. The fourth-order valence-electron chi connectivity index (χ4n) is 3.35. The molecule has 1 aliphatic heterocycles. The summed E-state index contributed by atoms with van der Waals surface area (Å²) < 4.78 is 57.6. The molecule has 2 atom stereocenters. The van der Waals surface area contributed by atoms with Crippen LogP contribution in [0.15, 0.2) is 24.3 Å². The minimum atomic E-state index is -4.34. The number of fused-ring (bicyclic) bond motifs is 2. The van der Waals surface area contributed by atoms with Gasteiger partial charge in [-0.25, -0.2) is 0 Å². The lowest BCUT2D eigenvalue weighted by molar-refractivity contribution is -0.137. The van der Waals surface area contributed by atoms with Crippen LogP contribution < -0.4 is 14.8 Å². The quantitative estimate of drug-likeness (QED) is 0.870. The molecular formula is C16H16F3N3O2S. The molecule has 1 saturated carbocycles. The van der Waals surface area contributed by atoms with Crippen molar-refractivity contribution in [2.24, 2.45) is 5.92 Å². The molecule has 0 radical (unpaired) electrons. The molecule has 5 nitrogen and oxygen atoms in total. The van der Waals surface area contributed by atoms with Crippen LogP contribution in [0.2, 0.25) is 0 Å². The second-order valence-electron chi connectivity index (χ2n) is 6.44. The Hall–Kier alpha value is -1.87. The van der Waals surface area contributed by atoms with E-state index >= 15 is 0 Å². The molecule has 9 heteroatoms. The summed E-state index contributed by atoms with van der Waals surface area (Å²) >= 11 is 0.987. The highest BCUT2D eigenvalue weighted by molar-refractivity contribution is 6.99. The standard InChI is InChI=1S/C16H16F3N3O2S/c17-16(18,19)12-3-1-10(2-4-12)9-23-13-14(22-25-21-13)24-15-6-5-11(7-15)8-20-15/h1-4,11,20H,5-9H2. The number of aromatic nitrogens is 2. The molecular weight excluding hydrogens is 355 g/mol. The van der Waals surface area contributed by atoms with Gasteiger partial charge in [0.25, 0.3) is 11.8 Å². The first kappa shape index (κ1) is 16.6. The Labute approximate surface area is 146 Å². The first-order valence-electron chi connectivity index (χ1n) is 7.99. The maximum Gasteiger partial charge on any atom is 0.416 e. The lowest BCUT2D eigenvalue weighted by Crippen LogP contribution is -2.45. The average Bonchev–Trinajstić information content (AvgIpc) is 3.29. The molecule has 4 rings (SSSR count). The molecule has 1 N–H and O–H groups in total. The van der Waals surface area contributed by atoms with E-state index in [2.05, 4.69) is 14.1 Å². The van der Waals surface area contributed by atoms with Crippen LogP contribution in [-0.2, 0) is 12.8 Å². The summed E-state index contributed by atoms with van der Waals surface area (Å²) in [5, 5.41) is 3.38. The predicted octanol–water partition coefficient (Wildman–Crippen LogP) is 3.61. The normalized spacial score (nSPS) is 25.3. The van der Waals surface area contributed by atoms with Crippen LogP contribution in [-0.4, -0.2) is 21.0 Å². The van der Waals surface area contributed by atoms with Gasteiger partial charge in [0.05, 0.1) is 17.3 Å². The van der Waals surface area contributed by atoms with Gasteiger partial charge in [0.1, 0.15) is 6.61 Å². The molecule has 2 unspecified atom stereocenters. The fourth-order valence-corrected chi connectivity index (χ4v) is 3.79. The van der Waals surface area contributed by atoms with Crippen molar-refractivity contribution in [2.75, 3.05) is 6.54 Å². The highest BCUT2D eigenvalue weighted by atomic mass is 32.1. The zero-order valence-electron chi connectivity index (χ0n) is 13.2. The number of hydrogen-bond donors (Lipinski definition) is 1. The van der Waals surface area contributed by atoms with Gasteiger partial charge >= 0.3 is 6.18 Å². The van der Waals surface area contributed by atoms with Crippen molar-refractivity contribution in [3.63, 3.8) is 0 Å². The van der Waals surface area contributed by atoms with Crippen molar-refractivity contribution >= 4 is 11.7 Å². The second kappa shape index (κ2) is 6.14. The van der Waals surface area contributed by atoms with Crippen LogP contribution in [0.5, 0.6) is 11.8 Å². The van der Waals surface area contributed by atoms with Gasteiger partial charge in [-0.2, -0.15) is 13.2 Å². The number of ether oxygens (including phenoxy) is 2. The Balaban J connectivity index is 1.40. The van der Waals surface area contributed by atoms with E-state index in [0.29, 0.717) is 17.4 Å². The van der Waals surface area contributed by atoms with Gasteiger partial charge < -0.3 is 9.47 Å². The van der Waals surface area contributed by atoms with Gasteiger partial charge in [-0.05, 0) is 30.0 Å². The van der Waals surface area contributed by atoms with Crippen molar-refractivity contribution in [3.05, 3.63) is 35.4 Å². The summed E-state index contributed by atoms with van der Waals surface area (Å²) in [6.45, 7) is 1.04. The molecule has 1 aromatic carbocycles. The lowest BCUT2D eigenvalue weighted by atomic mass is 10.1. The maximum atomic E-state index is 12.6. The molecule has 2 bridgehead atoms. The molecule has 2 aliphatic rings. The zero-order valence-corrected chi connectivity index (χ0v) is 14.0. The van der Waals surface area contributed by atoms with E-state index in [-0.39, 0.29) is 18.2 Å². The third-order valence-corrected chi connectivity index (χ3v) is 5.16. The number of halogens is 3. The van der Waals surface area contributed by atoms with E-state index in [1.54, 1.807) is 0 Å². The van der Waals surface area contributed by atoms with E-state index in [0.717, 1.165) is 49.7 Å². The summed E-state index contributed by atoms with van der Waals surface area (Å²) in [6, 6.07) is 4.86. The van der Waals surface area contributed by atoms with Gasteiger partial charge in [-0.15, -0.1) is 8.75 Å². The molecule has 2 fully saturated rings. The highest BCUT2D eigenvalue weighted by Crippen LogP contribution is 2.42. The third kappa shape index (κ3) is 3.43.